The van der Waals surface area contributed by atoms with E-state index in [0.29, 0.717) is 12.1 Å². The smallest absolute Gasteiger partial charge is 0.119 e. The van der Waals surface area contributed by atoms with Crippen LogP contribution in [0.3, 0.4) is 0 Å². The highest BCUT2D eigenvalue weighted by Crippen LogP contribution is 2.35. The van der Waals surface area contributed by atoms with Gasteiger partial charge in [0.2, 0.25) is 0 Å². The minimum atomic E-state index is 0.546. The van der Waals surface area contributed by atoms with Gasteiger partial charge in [-0.1, -0.05) is 6.42 Å². The molecule has 4 nitrogen and oxygen atoms in total. The summed E-state index contributed by atoms with van der Waals surface area (Å²) in [6, 6.07) is 6.33. The molecular formula is C19H27N3O. The molecule has 0 aliphatic carbocycles. The molecule has 23 heavy (non-hydrogen) atoms. The standard InChI is InChI=1S/C19H27N3O/c1-23-15-5-6-18-16(12-15)17(13-21-18)14-7-8-20-19(11-14)22-9-3-2-4-10-22/h5-6,12-14,19-21H,2-4,7-11H2,1H3. The van der Waals surface area contributed by atoms with Gasteiger partial charge in [-0.05, 0) is 75.0 Å². The lowest BCUT2D eigenvalue weighted by Crippen LogP contribution is -2.51. The molecule has 4 heteroatoms. The zero-order chi connectivity index (χ0) is 15.6. The Hall–Kier alpha value is -1.52. The van der Waals surface area contributed by atoms with Crippen molar-refractivity contribution < 1.29 is 4.74 Å². The van der Waals surface area contributed by atoms with Crippen LogP contribution in [-0.2, 0) is 0 Å². The van der Waals surface area contributed by atoms with E-state index in [1.54, 1.807) is 7.11 Å². The SMILES string of the molecule is COc1ccc2[nH]cc(C3CCNC(N4CCCCC4)C3)c2c1. The largest absolute Gasteiger partial charge is 0.497 e. The van der Waals surface area contributed by atoms with Crippen molar-refractivity contribution in [3.8, 4) is 5.75 Å². The minimum absolute atomic E-state index is 0.546. The number of benzene rings is 1. The first-order valence-electron chi connectivity index (χ1n) is 8.97. The second-order valence-corrected chi connectivity index (χ2v) is 6.94. The summed E-state index contributed by atoms with van der Waals surface area (Å²) in [6.45, 7) is 3.63. The third kappa shape index (κ3) is 2.98. The average molecular weight is 313 g/mol. The number of rotatable bonds is 3. The number of methoxy groups -OCH3 is 1. The van der Waals surface area contributed by atoms with E-state index in [4.69, 9.17) is 4.74 Å². The van der Waals surface area contributed by atoms with Crippen molar-refractivity contribution in [3.05, 3.63) is 30.0 Å². The number of aromatic nitrogens is 1. The maximum atomic E-state index is 5.42. The molecule has 2 fully saturated rings. The van der Waals surface area contributed by atoms with Crippen LogP contribution in [0.5, 0.6) is 5.75 Å². The molecule has 2 atom stereocenters. The van der Waals surface area contributed by atoms with Crippen LogP contribution in [0.4, 0.5) is 0 Å². The van der Waals surface area contributed by atoms with E-state index in [2.05, 4.69) is 33.5 Å². The second kappa shape index (κ2) is 6.54. The first-order chi connectivity index (χ1) is 11.3. The molecule has 124 valence electrons. The van der Waals surface area contributed by atoms with Crippen molar-refractivity contribution in [1.82, 2.24) is 15.2 Å². The van der Waals surface area contributed by atoms with Gasteiger partial charge in [0.05, 0.1) is 13.3 Å². The van der Waals surface area contributed by atoms with Gasteiger partial charge in [0, 0.05) is 17.1 Å². The highest BCUT2D eigenvalue weighted by Gasteiger charge is 2.29. The van der Waals surface area contributed by atoms with Gasteiger partial charge in [-0.2, -0.15) is 0 Å². The molecule has 3 heterocycles. The van der Waals surface area contributed by atoms with Gasteiger partial charge in [0.15, 0.2) is 0 Å². The van der Waals surface area contributed by atoms with Gasteiger partial charge in [0.1, 0.15) is 5.75 Å². The Morgan fingerprint density at radius 2 is 2.04 bits per heavy atom. The van der Waals surface area contributed by atoms with Gasteiger partial charge in [-0.15, -0.1) is 0 Å². The number of hydrogen-bond acceptors (Lipinski definition) is 3. The van der Waals surface area contributed by atoms with Crippen molar-refractivity contribution >= 4 is 10.9 Å². The lowest BCUT2D eigenvalue weighted by Gasteiger charge is -2.40. The van der Waals surface area contributed by atoms with Gasteiger partial charge >= 0.3 is 0 Å². The Morgan fingerprint density at radius 3 is 2.87 bits per heavy atom. The summed E-state index contributed by atoms with van der Waals surface area (Å²) < 4.78 is 5.42. The summed E-state index contributed by atoms with van der Waals surface area (Å²) >= 11 is 0. The summed E-state index contributed by atoms with van der Waals surface area (Å²) in [7, 11) is 1.74. The van der Waals surface area contributed by atoms with Crippen LogP contribution in [-0.4, -0.2) is 42.8 Å². The molecule has 2 aliphatic heterocycles. The number of nitrogens with zero attached hydrogens (tertiary/aromatic N) is 1. The summed E-state index contributed by atoms with van der Waals surface area (Å²) in [5, 5.41) is 5.07. The number of likely N-dealkylation sites (tertiary alicyclic amines) is 1. The molecule has 2 N–H and O–H groups in total. The third-order valence-corrected chi connectivity index (χ3v) is 5.57. The normalized spacial score (nSPS) is 26.5. The molecular weight excluding hydrogens is 286 g/mol. The van der Waals surface area contributed by atoms with Gasteiger partial charge < -0.3 is 15.0 Å². The van der Waals surface area contributed by atoms with Gasteiger partial charge in [-0.3, -0.25) is 4.90 Å². The topological polar surface area (TPSA) is 40.3 Å². The molecule has 0 radical (unpaired) electrons. The maximum Gasteiger partial charge on any atom is 0.119 e. The van der Waals surface area contributed by atoms with Crippen molar-refractivity contribution in [3.63, 3.8) is 0 Å². The summed E-state index contributed by atoms with van der Waals surface area (Å²) in [4.78, 5) is 6.10. The van der Waals surface area contributed by atoms with Crippen LogP contribution >= 0.6 is 0 Å². The lowest BCUT2D eigenvalue weighted by atomic mass is 9.87. The van der Waals surface area contributed by atoms with E-state index in [0.717, 1.165) is 12.3 Å². The van der Waals surface area contributed by atoms with Crippen molar-refractivity contribution in [2.45, 2.75) is 44.2 Å². The summed E-state index contributed by atoms with van der Waals surface area (Å²) in [5.74, 6) is 1.57. The van der Waals surface area contributed by atoms with E-state index >= 15 is 0 Å². The number of nitrogens with one attached hydrogen (secondary N) is 2. The molecule has 2 unspecified atom stereocenters. The Balaban J connectivity index is 1.57. The molecule has 2 aromatic rings. The van der Waals surface area contributed by atoms with Crippen LogP contribution in [0.2, 0.25) is 0 Å². The molecule has 4 rings (SSSR count). The lowest BCUT2D eigenvalue weighted by molar-refractivity contribution is 0.107. The number of hydrogen-bond donors (Lipinski definition) is 2. The average Bonchev–Trinajstić information content (AvgIpc) is 3.05. The molecule has 0 amide bonds. The second-order valence-electron chi connectivity index (χ2n) is 6.94. The quantitative estimate of drug-likeness (QED) is 0.912. The molecule has 0 spiro atoms. The molecule has 1 aromatic heterocycles. The predicted octanol–water partition coefficient (Wildman–Crippen LogP) is 3.46. The fourth-order valence-electron chi connectivity index (χ4n) is 4.27. The number of H-pyrrole nitrogens is 1. The zero-order valence-corrected chi connectivity index (χ0v) is 14.0. The number of fused-ring (bicyclic) bond motifs is 1. The van der Waals surface area contributed by atoms with E-state index in [-0.39, 0.29) is 0 Å². The first kappa shape index (κ1) is 15.0. The predicted molar refractivity (Wildman–Crippen MR) is 94.0 cm³/mol. The van der Waals surface area contributed by atoms with Crippen LogP contribution in [0.1, 0.15) is 43.6 Å². The van der Waals surface area contributed by atoms with Crippen molar-refractivity contribution in [2.75, 3.05) is 26.7 Å². The third-order valence-electron chi connectivity index (χ3n) is 5.57. The molecule has 1 aromatic carbocycles. The van der Waals surface area contributed by atoms with Gasteiger partial charge in [-0.25, -0.2) is 0 Å². The highest BCUT2D eigenvalue weighted by atomic mass is 16.5. The van der Waals surface area contributed by atoms with E-state index in [1.165, 1.54) is 61.7 Å². The molecule has 0 bridgehead atoms. The Morgan fingerprint density at radius 1 is 1.17 bits per heavy atom. The Kier molecular flexibility index (Phi) is 4.27. The minimum Gasteiger partial charge on any atom is -0.497 e. The fraction of sp³-hybridized carbons (Fsp3) is 0.579. The monoisotopic (exact) mass is 313 g/mol. The van der Waals surface area contributed by atoms with Gasteiger partial charge in [0.25, 0.3) is 0 Å². The van der Waals surface area contributed by atoms with Crippen molar-refractivity contribution in [2.24, 2.45) is 0 Å². The van der Waals surface area contributed by atoms with E-state index in [1.807, 2.05) is 6.07 Å². The van der Waals surface area contributed by atoms with Crippen LogP contribution in [0, 0.1) is 0 Å². The van der Waals surface area contributed by atoms with Crippen molar-refractivity contribution in [1.29, 1.82) is 0 Å². The summed E-state index contributed by atoms with van der Waals surface area (Å²) in [6.07, 6.45) is 9.30. The number of piperidine rings is 2. The molecule has 2 saturated heterocycles. The first-order valence-corrected chi connectivity index (χ1v) is 8.97. The fourth-order valence-corrected chi connectivity index (χ4v) is 4.27. The maximum absolute atomic E-state index is 5.42. The molecule has 2 aliphatic rings. The number of ether oxygens (including phenoxy) is 1. The Bertz CT molecular complexity index is 660. The van der Waals surface area contributed by atoms with Crippen LogP contribution < -0.4 is 10.1 Å². The zero-order valence-electron chi connectivity index (χ0n) is 14.0. The number of aromatic amines is 1. The summed E-state index contributed by atoms with van der Waals surface area (Å²) in [5.41, 5.74) is 2.68. The van der Waals surface area contributed by atoms with Crippen LogP contribution in [0.15, 0.2) is 24.4 Å². The van der Waals surface area contributed by atoms with E-state index < -0.39 is 0 Å². The van der Waals surface area contributed by atoms with Crippen LogP contribution in [0.25, 0.3) is 10.9 Å². The molecule has 0 saturated carbocycles. The van der Waals surface area contributed by atoms with E-state index in [9.17, 15) is 0 Å². The Labute approximate surface area is 138 Å². The highest BCUT2D eigenvalue weighted by molar-refractivity contribution is 5.85.